The number of hydrogen-bond acceptors (Lipinski definition) is 5. The fraction of sp³-hybridized carbons (Fsp3) is 0.333. The fourth-order valence-electron chi connectivity index (χ4n) is 5.20. The number of para-hydroxylation sites is 1. The van der Waals surface area contributed by atoms with Crippen molar-refractivity contribution in [1.82, 2.24) is 19.6 Å². The van der Waals surface area contributed by atoms with Gasteiger partial charge < -0.3 is 0 Å². The van der Waals surface area contributed by atoms with Gasteiger partial charge in [-0.05, 0) is 61.1 Å². The molecule has 6 nitrogen and oxygen atoms in total. The summed E-state index contributed by atoms with van der Waals surface area (Å²) in [4.78, 5) is 11.0. The second-order valence-corrected chi connectivity index (χ2v) is 10.1. The minimum atomic E-state index is -3.79. The molecule has 0 aliphatic carbocycles. The van der Waals surface area contributed by atoms with Crippen LogP contribution in [-0.4, -0.2) is 42.4 Å². The van der Waals surface area contributed by atoms with Crippen LogP contribution in [-0.2, 0) is 10.0 Å². The van der Waals surface area contributed by atoms with Gasteiger partial charge in [0.2, 0.25) is 0 Å². The monoisotopic (exact) mass is 434 g/mol. The molecule has 1 aromatic carbocycles. The highest BCUT2D eigenvalue weighted by Gasteiger charge is 2.44. The zero-order valence-electron chi connectivity index (χ0n) is 17.3. The molecule has 3 aliphatic rings. The summed E-state index contributed by atoms with van der Waals surface area (Å²) in [5.74, 6) is 0.995. The van der Waals surface area contributed by atoms with E-state index in [0.717, 1.165) is 42.4 Å². The maximum Gasteiger partial charge on any atom is 0.258 e. The molecule has 3 fully saturated rings. The summed E-state index contributed by atoms with van der Waals surface area (Å²) in [6, 6.07) is 14.5. The highest BCUT2D eigenvalue weighted by molar-refractivity contribution is 7.89. The predicted molar refractivity (Wildman–Crippen MR) is 121 cm³/mol. The molecule has 0 spiro atoms. The largest absolute Gasteiger partial charge is 0.298 e. The smallest absolute Gasteiger partial charge is 0.258 e. The van der Waals surface area contributed by atoms with E-state index in [1.807, 2.05) is 30.3 Å². The number of benzene rings is 1. The van der Waals surface area contributed by atoms with Gasteiger partial charge in [0, 0.05) is 30.4 Å². The van der Waals surface area contributed by atoms with Crippen molar-refractivity contribution < 1.29 is 8.42 Å². The minimum absolute atomic E-state index is 0.0401. The van der Waals surface area contributed by atoms with Gasteiger partial charge in [-0.1, -0.05) is 30.3 Å². The van der Waals surface area contributed by atoms with Crippen molar-refractivity contribution in [2.24, 2.45) is 11.8 Å². The summed E-state index contributed by atoms with van der Waals surface area (Å²) in [5.41, 5.74) is 1.82. The normalized spacial score (nSPS) is 26.6. The number of nitrogens with zero attached hydrogens (tertiary/aromatic N) is 3. The first kappa shape index (κ1) is 20.3. The number of sulfonamides is 1. The Bertz CT molecular complexity index is 1190. The van der Waals surface area contributed by atoms with Crippen LogP contribution >= 0.6 is 0 Å². The van der Waals surface area contributed by atoms with Crippen LogP contribution in [0.5, 0.6) is 0 Å². The third kappa shape index (κ3) is 3.78. The van der Waals surface area contributed by atoms with Crippen LogP contribution < -0.4 is 4.72 Å². The van der Waals surface area contributed by atoms with Crippen molar-refractivity contribution in [2.45, 2.75) is 30.0 Å². The molecule has 0 saturated carbocycles. The van der Waals surface area contributed by atoms with Crippen LogP contribution in [0.3, 0.4) is 0 Å². The number of aromatic nitrogens is 2. The Hall–Kier alpha value is -2.61. The zero-order valence-corrected chi connectivity index (χ0v) is 18.1. The van der Waals surface area contributed by atoms with Crippen molar-refractivity contribution in [3.05, 3.63) is 79.1 Å². The molecule has 0 radical (unpaired) electrons. The fourth-order valence-corrected chi connectivity index (χ4v) is 6.39. The van der Waals surface area contributed by atoms with E-state index in [1.165, 1.54) is 12.3 Å². The zero-order chi connectivity index (χ0) is 21.4. The second-order valence-electron chi connectivity index (χ2n) is 8.43. The highest BCUT2D eigenvalue weighted by Crippen LogP contribution is 2.42. The Morgan fingerprint density at radius 2 is 1.94 bits per heavy atom. The van der Waals surface area contributed by atoms with Gasteiger partial charge in [0.25, 0.3) is 10.0 Å². The lowest BCUT2D eigenvalue weighted by molar-refractivity contribution is 0.00489. The maximum absolute atomic E-state index is 13.3. The minimum Gasteiger partial charge on any atom is -0.298 e. The van der Waals surface area contributed by atoms with Crippen molar-refractivity contribution in [2.75, 3.05) is 13.1 Å². The van der Waals surface area contributed by atoms with Crippen LogP contribution in [0.2, 0.25) is 0 Å². The highest BCUT2D eigenvalue weighted by atomic mass is 32.2. The Morgan fingerprint density at radius 1 is 1.10 bits per heavy atom. The van der Waals surface area contributed by atoms with Crippen molar-refractivity contribution in [1.29, 1.82) is 0 Å². The Kier molecular flexibility index (Phi) is 5.33. The van der Waals surface area contributed by atoms with Gasteiger partial charge in [0.1, 0.15) is 0 Å². The number of hydrogen-bond donors (Lipinski definition) is 1. The van der Waals surface area contributed by atoms with E-state index in [1.54, 1.807) is 18.3 Å². The van der Waals surface area contributed by atoms with Gasteiger partial charge in [0.05, 0.1) is 11.6 Å². The Labute approximate surface area is 183 Å². The first-order chi connectivity index (χ1) is 15.1. The van der Waals surface area contributed by atoms with Crippen molar-refractivity contribution in [3.63, 3.8) is 0 Å². The molecule has 5 heterocycles. The van der Waals surface area contributed by atoms with E-state index in [9.17, 15) is 8.42 Å². The lowest BCUT2D eigenvalue weighted by atomic mass is 9.73. The standard InChI is InChI=1S/C24H26N4O2S/c1-2-17-16-28-14-11-18(17)15-22(28)24(27-31(29,30)23-9-5-6-12-26-23)20-10-13-25-21-8-4-3-7-19(20)21/h2-10,12-13,17-18,22,24,27H,1,11,14-16H2/t17?,18?,22?,24-/m0/s1. The molecule has 6 rings (SSSR count). The van der Waals surface area contributed by atoms with Gasteiger partial charge in [-0.25, -0.2) is 18.1 Å². The van der Waals surface area contributed by atoms with E-state index in [-0.39, 0.29) is 11.1 Å². The summed E-state index contributed by atoms with van der Waals surface area (Å²) < 4.78 is 29.6. The Morgan fingerprint density at radius 3 is 2.68 bits per heavy atom. The van der Waals surface area contributed by atoms with E-state index in [2.05, 4.69) is 32.2 Å². The molecule has 2 bridgehead atoms. The van der Waals surface area contributed by atoms with Crippen molar-refractivity contribution >= 4 is 20.9 Å². The molecule has 160 valence electrons. The number of fused-ring (bicyclic) bond motifs is 4. The van der Waals surface area contributed by atoms with Gasteiger partial charge in [0.15, 0.2) is 5.03 Å². The molecule has 2 aromatic heterocycles. The van der Waals surface area contributed by atoms with Gasteiger partial charge in [-0.2, -0.15) is 0 Å². The summed E-state index contributed by atoms with van der Waals surface area (Å²) >= 11 is 0. The average molecular weight is 435 g/mol. The third-order valence-corrected chi connectivity index (χ3v) is 8.11. The molecule has 7 heteroatoms. The molecular weight excluding hydrogens is 408 g/mol. The van der Waals surface area contributed by atoms with Crippen LogP contribution in [0.25, 0.3) is 10.9 Å². The molecule has 0 amide bonds. The van der Waals surface area contributed by atoms with Gasteiger partial charge in [-0.3, -0.25) is 9.88 Å². The molecule has 5 atom stereocenters. The number of pyridine rings is 2. The second kappa shape index (κ2) is 8.15. The van der Waals surface area contributed by atoms with E-state index in [0.29, 0.717) is 11.8 Å². The van der Waals surface area contributed by atoms with E-state index < -0.39 is 16.1 Å². The molecule has 1 N–H and O–H groups in total. The van der Waals surface area contributed by atoms with Gasteiger partial charge in [-0.15, -0.1) is 6.58 Å². The summed E-state index contributed by atoms with van der Waals surface area (Å²) in [6.07, 6.45) is 7.39. The predicted octanol–water partition coefficient (Wildman–Crippen LogP) is 3.55. The summed E-state index contributed by atoms with van der Waals surface area (Å²) in [5, 5.41) is 1.01. The molecule has 3 aromatic rings. The summed E-state index contributed by atoms with van der Waals surface area (Å²) in [7, 11) is -3.79. The van der Waals surface area contributed by atoms with Crippen LogP contribution in [0.1, 0.15) is 24.4 Å². The molecule has 31 heavy (non-hydrogen) atoms. The average Bonchev–Trinajstić information content (AvgIpc) is 2.83. The van der Waals surface area contributed by atoms with E-state index >= 15 is 0 Å². The first-order valence-corrected chi connectivity index (χ1v) is 12.2. The van der Waals surface area contributed by atoms with Crippen LogP contribution in [0, 0.1) is 11.8 Å². The number of rotatable bonds is 6. The molecule has 4 unspecified atom stereocenters. The topological polar surface area (TPSA) is 75.2 Å². The van der Waals surface area contributed by atoms with E-state index in [4.69, 9.17) is 0 Å². The SMILES string of the molecule is C=CC1CN2CCC1CC2[C@@H](NS(=O)(=O)c1ccccn1)c1ccnc2ccccc12. The molecular formula is C24H26N4O2S. The first-order valence-electron chi connectivity index (χ1n) is 10.7. The van der Waals surface area contributed by atoms with Crippen LogP contribution in [0.4, 0.5) is 0 Å². The Balaban J connectivity index is 1.59. The van der Waals surface area contributed by atoms with Crippen LogP contribution in [0.15, 0.2) is 78.6 Å². The maximum atomic E-state index is 13.3. The van der Waals surface area contributed by atoms with Gasteiger partial charge >= 0.3 is 0 Å². The number of nitrogens with one attached hydrogen (secondary N) is 1. The number of piperidine rings is 3. The lowest BCUT2D eigenvalue weighted by Crippen LogP contribution is -2.57. The molecule has 3 saturated heterocycles. The lowest BCUT2D eigenvalue weighted by Gasteiger charge is -2.51. The summed E-state index contributed by atoms with van der Waals surface area (Å²) in [6.45, 7) is 5.91. The third-order valence-electron chi connectivity index (χ3n) is 6.75. The quantitative estimate of drug-likeness (QED) is 0.601. The van der Waals surface area contributed by atoms with Crippen molar-refractivity contribution in [3.8, 4) is 0 Å². The molecule has 3 aliphatic heterocycles.